The number of ether oxygens (including phenoxy) is 1. The molecule has 1 atom stereocenters. The number of thioether (sulfide) groups is 1. The van der Waals surface area contributed by atoms with Gasteiger partial charge < -0.3 is 4.74 Å². The normalized spacial score (nSPS) is 12.3. The van der Waals surface area contributed by atoms with Crippen molar-refractivity contribution in [3.05, 3.63) is 33.0 Å². The Morgan fingerprint density at radius 2 is 2.12 bits per heavy atom. The second-order valence-corrected chi connectivity index (χ2v) is 7.66. The van der Waals surface area contributed by atoms with Gasteiger partial charge in [-0.2, -0.15) is 0 Å². The van der Waals surface area contributed by atoms with Gasteiger partial charge in [0.15, 0.2) is 5.16 Å². The van der Waals surface area contributed by atoms with Crippen molar-refractivity contribution in [1.29, 1.82) is 0 Å². The van der Waals surface area contributed by atoms with Crippen LogP contribution in [-0.4, -0.2) is 27.4 Å². The molecule has 0 bridgehead atoms. The molecule has 1 unspecified atom stereocenters. The minimum Gasteiger partial charge on any atom is -0.465 e. The number of benzene rings is 1. The van der Waals surface area contributed by atoms with Gasteiger partial charge >= 0.3 is 5.97 Å². The number of esters is 1. The highest BCUT2D eigenvalue weighted by molar-refractivity contribution is 9.10. The van der Waals surface area contributed by atoms with E-state index in [-0.39, 0.29) is 11.5 Å². The van der Waals surface area contributed by atoms with Gasteiger partial charge in [0, 0.05) is 11.0 Å². The molecule has 0 saturated carbocycles. The van der Waals surface area contributed by atoms with Crippen molar-refractivity contribution in [3.63, 3.8) is 0 Å². The van der Waals surface area contributed by atoms with E-state index in [4.69, 9.17) is 4.74 Å². The van der Waals surface area contributed by atoms with Crippen LogP contribution in [-0.2, 0) is 16.1 Å². The maximum Gasteiger partial charge on any atom is 0.319 e. The van der Waals surface area contributed by atoms with Crippen LogP contribution in [0.1, 0.15) is 33.6 Å². The van der Waals surface area contributed by atoms with Gasteiger partial charge in [-0.3, -0.25) is 14.2 Å². The van der Waals surface area contributed by atoms with Gasteiger partial charge in [0.1, 0.15) is 5.25 Å². The zero-order valence-electron chi connectivity index (χ0n) is 14.0. The maximum absolute atomic E-state index is 12.8. The fourth-order valence-corrected chi connectivity index (χ4v) is 3.50. The molecule has 1 aromatic carbocycles. The van der Waals surface area contributed by atoms with Crippen LogP contribution in [0, 0.1) is 0 Å². The summed E-state index contributed by atoms with van der Waals surface area (Å²) in [6, 6.07) is 5.44. The minimum absolute atomic E-state index is 0.0835. The molecule has 24 heavy (non-hydrogen) atoms. The molecule has 0 amide bonds. The van der Waals surface area contributed by atoms with E-state index in [0.717, 1.165) is 17.3 Å². The third kappa shape index (κ3) is 4.39. The van der Waals surface area contributed by atoms with Crippen LogP contribution >= 0.6 is 27.7 Å². The fraction of sp³-hybridized carbons (Fsp3) is 0.471. The summed E-state index contributed by atoms with van der Waals surface area (Å²) in [6.07, 6.45) is 1.59. The quantitative estimate of drug-likeness (QED) is 0.390. The van der Waals surface area contributed by atoms with Crippen LogP contribution in [0.2, 0.25) is 0 Å². The third-order valence-corrected chi connectivity index (χ3v) is 4.95. The summed E-state index contributed by atoms with van der Waals surface area (Å²) in [4.78, 5) is 29.4. The Bertz CT molecular complexity index is 791. The van der Waals surface area contributed by atoms with Gasteiger partial charge in [0.2, 0.25) is 0 Å². The molecule has 2 rings (SSSR count). The predicted molar refractivity (Wildman–Crippen MR) is 101 cm³/mol. The Kier molecular flexibility index (Phi) is 6.86. The van der Waals surface area contributed by atoms with Crippen LogP contribution in [0.25, 0.3) is 10.9 Å². The van der Waals surface area contributed by atoms with Gasteiger partial charge in [-0.25, -0.2) is 4.98 Å². The summed E-state index contributed by atoms with van der Waals surface area (Å²) >= 11 is 4.66. The summed E-state index contributed by atoms with van der Waals surface area (Å²) in [7, 11) is 0. The van der Waals surface area contributed by atoms with E-state index in [1.807, 2.05) is 19.9 Å². The number of aromatic nitrogens is 2. The van der Waals surface area contributed by atoms with Crippen molar-refractivity contribution in [3.8, 4) is 0 Å². The number of halogens is 1. The van der Waals surface area contributed by atoms with E-state index in [1.54, 1.807) is 23.6 Å². The van der Waals surface area contributed by atoms with Crippen LogP contribution in [0.3, 0.4) is 0 Å². The minimum atomic E-state index is -0.417. The van der Waals surface area contributed by atoms with Gasteiger partial charge in [-0.1, -0.05) is 41.5 Å². The van der Waals surface area contributed by atoms with Crippen molar-refractivity contribution in [2.24, 2.45) is 0 Å². The van der Waals surface area contributed by atoms with Crippen molar-refractivity contribution in [1.82, 2.24) is 9.55 Å². The van der Waals surface area contributed by atoms with Gasteiger partial charge in [0.05, 0.1) is 17.5 Å². The molecule has 0 aliphatic heterocycles. The zero-order chi connectivity index (χ0) is 17.7. The van der Waals surface area contributed by atoms with E-state index in [9.17, 15) is 9.59 Å². The van der Waals surface area contributed by atoms with Crippen molar-refractivity contribution >= 4 is 44.6 Å². The number of fused-ring (bicyclic) bond motifs is 1. The highest BCUT2D eigenvalue weighted by atomic mass is 79.9. The topological polar surface area (TPSA) is 61.2 Å². The summed E-state index contributed by atoms with van der Waals surface area (Å²) in [5.41, 5.74) is 0.548. The zero-order valence-corrected chi connectivity index (χ0v) is 16.4. The lowest BCUT2D eigenvalue weighted by atomic mass is 10.2. The lowest BCUT2D eigenvalue weighted by molar-refractivity contribution is -0.142. The first-order chi connectivity index (χ1) is 11.5. The Balaban J connectivity index is 2.41. The van der Waals surface area contributed by atoms with Crippen molar-refractivity contribution in [2.45, 2.75) is 50.6 Å². The molecule has 0 fully saturated rings. The standard InChI is InChI=1S/C17H21BrN2O3S/c1-4-8-20-15(21)13-10-12(18)6-7-14(13)19-17(20)24-11(3)16(22)23-9-5-2/h6-7,10-11H,4-5,8-9H2,1-3H3. The van der Waals surface area contributed by atoms with Crippen LogP contribution in [0.5, 0.6) is 0 Å². The van der Waals surface area contributed by atoms with E-state index >= 15 is 0 Å². The smallest absolute Gasteiger partial charge is 0.319 e. The molecule has 1 heterocycles. The Hall–Kier alpha value is -1.34. The molecule has 1 aromatic heterocycles. The predicted octanol–water partition coefficient (Wildman–Crippen LogP) is 4.00. The summed E-state index contributed by atoms with van der Waals surface area (Å²) in [6.45, 7) is 6.70. The molecule has 0 aliphatic rings. The molecule has 130 valence electrons. The first-order valence-corrected chi connectivity index (χ1v) is 9.68. The molecule has 0 radical (unpaired) electrons. The van der Waals surface area contributed by atoms with Crippen molar-refractivity contribution in [2.75, 3.05) is 6.61 Å². The largest absolute Gasteiger partial charge is 0.465 e. The molecular formula is C17H21BrN2O3S. The fourth-order valence-electron chi connectivity index (χ4n) is 2.21. The number of nitrogens with zero attached hydrogens (tertiary/aromatic N) is 2. The average Bonchev–Trinajstić information content (AvgIpc) is 2.56. The second kappa shape index (κ2) is 8.67. The number of hydrogen-bond acceptors (Lipinski definition) is 5. The molecule has 0 N–H and O–H groups in total. The molecule has 0 saturated heterocycles. The van der Waals surface area contributed by atoms with Gasteiger partial charge in [-0.15, -0.1) is 0 Å². The molecule has 7 heteroatoms. The maximum atomic E-state index is 12.8. The molecule has 2 aromatic rings. The monoisotopic (exact) mass is 412 g/mol. The Morgan fingerprint density at radius 3 is 2.79 bits per heavy atom. The number of carbonyl (C=O) groups excluding carboxylic acids is 1. The SMILES string of the molecule is CCCOC(=O)C(C)Sc1nc2ccc(Br)cc2c(=O)n1CCC. The van der Waals surface area contributed by atoms with Crippen LogP contribution in [0.4, 0.5) is 0 Å². The summed E-state index contributed by atoms with van der Waals surface area (Å²) in [5.74, 6) is -0.282. The van der Waals surface area contributed by atoms with Crippen LogP contribution < -0.4 is 5.56 Å². The number of hydrogen-bond donors (Lipinski definition) is 0. The first-order valence-electron chi connectivity index (χ1n) is 8.01. The third-order valence-electron chi connectivity index (χ3n) is 3.39. The van der Waals surface area contributed by atoms with E-state index in [1.165, 1.54) is 11.8 Å². The molecule has 0 aliphatic carbocycles. The van der Waals surface area contributed by atoms with E-state index in [0.29, 0.717) is 29.2 Å². The highest BCUT2D eigenvalue weighted by Crippen LogP contribution is 2.24. The Labute approximate surface area is 153 Å². The van der Waals surface area contributed by atoms with E-state index < -0.39 is 5.25 Å². The average molecular weight is 413 g/mol. The lowest BCUT2D eigenvalue weighted by Gasteiger charge is -2.15. The summed E-state index contributed by atoms with van der Waals surface area (Å²) in [5, 5.41) is 0.709. The van der Waals surface area contributed by atoms with Crippen LogP contribution in [0.15, 0.2) is 32.6 Å². The molecule has 0 spiro atoms. The van der Waals surface area contributed by atoms with E-state index in [2.05, 4.69) is 20.9 Å². The number of rotatable bonds is 7. The van der Waals surface area contributed by atoms with Crippen molar-refractivity contribution < 1.29 is 9.53 Å². The van der Waals surface area contributed by atoms with Gasteiger partial charge in [-0.05, 0) is 38.0 Å². The second-order valence-electron chi connectivity index (χ2n) is 5.44. The summed E-state index contributed by atoms with van der Waals surface area (Å²) < 4.78 is 7.66. The van der Waals surface area contributed by atoms with Gasteiger partial charge in [0.25, 0.3) is 5.56 Å². The highest BCUT2D eigenvalue weighted by Gasteiger charge is 2.20. The molecule has 5 nitrogen and oxygen atoms in total. The Morgan fingerprint density at radius 1 is 1.38 bits per heavy atom. The number of carbonyl (C=O) groups is 1. The lowest BCUT2D eigenvalue weighted by Crippen LogP contribution is -2.25. The first kappa shape index (κ1) is 19.0. The molecular weight excluding hydrogens is 392 g/mol.